The first kappa shape index (κ1) is 19.1. The summed E-state index contributed by atoms with van der Waals surface area (Å²) in [6.45, 7) is 2.38. The van der Waals surface area contributed by atoms with Crippen LogP contribution in [-0.4, -0.2) is 28.9 Å². The summed E-state index contributed by atoms with van der Waals surface area (Å²) in [4.78, 5) is 18.0. The normalized spacial score (nSPS) is 11.3. The summed E-state index contributed by atoms with van der Waals surface area (Å²) in [5.74, 6) is 0.0595. The van der Waals surface area contributed by atoms with Gasteiger partial charge in [-0.15, -0.1) is 36.2 Å². The van der Waals surface area contributed by atoms with Crippen molar-refractivity contribution in [2.75, 3.05) is 7.05 Å². The van der Waals surface area contributed by atoms with Gasteiger partial charge in [-0.25, -0.2) is 4.98 Å². The largest absolute Gasteiger partial charge is 0.339 e. The van der Waals surface area contributed by atoms with Crippen molar-refractivity contribution in [3.63, 3.8) is 0 Å². The van der Waals surface area contributed by atoms with Gasteiger partial charge in [0.15, 0.2) is 0 Å². The van der Waals surface area contributed by atoms with Crippen LogP contribution in [0.1, 0.15) is 18.4 Å². The highest BCUT2D eigenvalue weighted by atomic mass is 35.5. The third-order valence-electron chi connectivity index (χ3n) is 2.63. The molecule has 4 nitrogen and oxygen atoms in total. The topological polar surface area (TPSA) is 59.2 Å². The first-order chi connectivity index (χ1) is 8.56. The zero-order chi connectivity index (χ0) is 13.1. The number of aromatic nitrogens is 1. The monoisotopic (exact) mass is 335 g/mol. The van der Waals surface area contributed by atoms with Crippen molar-refractivity contribution < 1.29 is 4.79 Å². The molecule has 1 aromatic heterocycles. The van der Waals surface area contributed by atoms with Gasteiger partial charge in [0.25, 0.3) is 0 Å². The molecule has 0 bridgehead atoms. The van der Waals surface area contributed by atoms with Crippen LogP contribution in [0.15, 0.2) is 24.3 Å². The molecule has 0 aliphatic carbocycles. The molecule has 1 aromatic carbocycles. The first-order valence-electron chi connectivity index (χ1n) is 5.90. The first-order valence-corrected chi connectivity index (χ1v) is 6.72. The number of para-hydroxylation sites is 1. The number of carbonyl (C=O) groups is 1. The quantitative estimate of drug-likeness (QED) is 0.934. The van der Waals surface area contributed by atoms with E-state index in [1.54, 1.807) is 23.3 Å². The average molecular weight is 336 g/mol. The second kappa shape index (κ2) is 8.42. The van der Waals surface area contributed by atoms with Crippen LogP contribution >= 0.6 is 36.2 Å². The van der Waals surface area contributed by atoms with Gasteiger partial charge in [-0.1, -0.05) is 12.1 Å². The number of rotatable bonds is 4. The number of fused-ring (bicyclic) bond motifs is 1. The third-order valence-corrected chi connectivity index (χ3v) is 3.65. The number of amides is 1. The van der Waals surface area contributed by atoms with Crippen molar-refractivity contribution in [2.45, 2.75) is 25.9 Å². The lowest BCUT2D eigenvalue weighted by Gasteiger charge is -2.16. The zero-order valence-electron chi connectivity index (χ0n) is 11.4. The van der Waals surface area contributed by atoms with Crippen LogP contribution in [0.5, 0.6) is 0 Å². The van der Waals surface area contributed by atoms with E-state index in [0.717, 1.165) is 15.2 Å². The summed E-state index contributed by atoms with van der Waals surface area (Å²) in [6, 6.07) is 7.89. The molecule has 1 atom stereocenters. The van der Waals surface area contributed by atoms with Gasteiger partial charge in [0.1, 0.15) is 5.01 Å². The Morgan fingerprint density at radius 3 is 2.65 bits per heavy atom. The van der Waals surface area contributed by atoms with E-state index in [9.17, 15) is 4.79 Å². The minimum absolute atomic E-state index is 0. The van der Waals surface area contributed by atoms with Crippen LogP contribution in [0.4, 0.5) is 0 Å². The van der Waals surface area contributed by atoms with Gasteiger partial charge in [0, 0.05) is 19.5 Å². The maximum absolute atomic E-state index is 11.8. The summed E-state index contributed by atoms with van der Waals surface area (Å²) in [5.41, 5.74) is 6.62. The molecule has 1 amide bonds. The molecule has 0 spiro atoms. The molecule has 20 heavy (non-hydrogen) atoms. The molecule has 0 radical (unpaired) electrons. The minimum Gasteiger partial charge on any atom is -0.339 e. The molecule has 0 aliphatic rings. The van der Waals surface area contributed by atoms with Gasteiger partial charge >= 0.3 is 0 Å². The van der Waals surface area contributed by atoms with Gasteiger partial charge in [-0.3, -0.25) is 4.79 Å². The highest BCUT2D eigenvalue weighted by Crippen LogP contribution is 2.22. The Balaban J connectivity index is 0.00000180. The van der Waals surface area contributed by atoms with Crippen molar-refractivity contribution in [3.8, 4) is 0 Å². The molecular weight excluding hydrogens is 317 g/mol. The van der Waals surface area contributed by atoms with Crippen LogP contribution in [0, 0.1) is 0 Å². The predicted molar refractivity (Wildman–Crippen MR) is 88.9 cm³/mol. The van der Waals surface area contributed by atoms with E-state index in [-0.39, 0.29) is 36.8 Å². The predicted octanol–water partition coefficient (Wildman–Crippen LogP) is 2.84. The Kier molecular flexibility index (Phi) is 8.05. The fourth-order valence-corrected chi connectivity index (χ4v) is 2.73. The Bertz CT molecular complexity index is 526. The number of nitrogens with zero attached hydrogens (tertiary/aromatic N) is 2. The molecule has 112 valence electrons. The average Bonchev–Trinajstić information content (AvgIpc) is 2.69. The van der Waals surface area contributed by atoms with Gasteiger partial charge in [-0.2, -0.15) is 0 Å². The fraction of sp³-hybridized carbons (Fsp3) is 0.385. The van der Waals surface area contributed by atoms with Gasteiger partial charge in [0.05, 0.1) is 16.8 Å². The lowest BCUT2D eigenvalue weighted by molar-refractivity contribution is -0.130. The number of hydrogen-bond donors (Lipinski definition) is 1. The molecule has 7 heteroatoms. The van der Waals surface area contributed by atoms with E-state index in [4.69, 9.17) is 5.73 Å². The maximum Gasteiger partial charge on any atom is 0.224 e. The molecule has 1 heterocycles. The number of nitrogens with two attached hydrogens (primary N) is 1. The Labute approximate surface area is 135 Å². The molecule has 2 aromatic rings. The van der Waals surface area contributed by atoms with Crippen LogP contribution in [-0.2, 0) is 11.3 Å². The van der Waals surface area contributed by atoms with E-state index < -0.39 is 0 Å². The van der Waals surface area contributed by atoms with Crippen LogP contribution < -0.4 is 5.73 Å². The summed E-state index contributed by atoms with van der Waals surface area (Å²) in [7, 11) is 1.79. The van der Waals surface area contributed by atoms with Crippen LogP contribution in [0.3, 0.4) is 0 Å². The Morgan fingerprint density at radius 1 is 1.40 bits per heavy atom. The molecule has 0 saturated carbocycles. The highest BCUT2D eigenvalue weighted by molar-refractivity contribution is 7.18. The second-order valence-electron chi connectivity index (χ2n) is 4.51. The third kappa shape index (κ3) is 4.90. The van der Waals surface area contributed by atoms with E-state index >= 15 is 0 Å². The summed E-state index contributed by atoms with van der Waals surface area (Å²) in [5, 5.41) is 0.955. The van der Waals surface area contributed by atoms with Gasteiger partial charge in [0.2, 0.25) is 5.91 Å². The van der Waals surface area contributed by atoms with E-state index in [2.05, 4.69) is 4.98 Å². The van der Waals surface area contributed by atoms with E-state index in [1.165, 1.54) is 0 Å². The Morgan fingerprint density at radius 2 is 2.05 bits per heavy atom. The smallest absolute Gasteiger partial charge is 0.224 e. The standard InChI is InChI=1S/C13H17N3OS.2ClH/c1-9(14)7-13(17)16(2)8-12-15-10-5-3-4-6-11(10)18-12;;/h3-6,9H,7-8,14H2,1-2H3;2*1H. The molecule has 0 fully saturated rings. The number of hydrogen-bond acceptors (Lipinski definition) is 4. The number of thiazole rings is 1. The van der Waals surface area contributed by atoms with Gasteiger partial charge in [-0.05, 0) is 19.1 Å². The molecule has 1 unspecified atom stereocenters. The van der Waals surface area contributed by atoms with Crippen molar-refractivity contribution in [1.29, 1.82) is 0 Å². The molecule has 2 N–H and O–H groups in total. The van der Waals surface area contributed by atoms with Crippen LogP contribution in [0.25, 0.3) is 10.2 Å². The lowest BCUT2D eigenvalue weighted by atomic mass is 10.2. The Hall–Kier alpha value is -0.880. The van der Waals surface area contributed by atoms with Crippen molar-refractivity contribution in [3.05, 3.63) is 29.3 Å². The SMILES string of the molecule is CC(N)CC(=O)N(C)Cc1nc2ccccc2s1.Cl.Cl. The van der Waals surface area contributed by atoms with Crippen molar-refractivity contribution in [2.24, 2.45) is 5.73 Å². The lowest BCUT2D eigenvalue weighted by Crippen LogP contribution is -2.31. The molecule has 0 aliphatic heterocycles. The van der Waals surface area contributed by atoms with E-state index in [1.807, 2.05) is 31.2 Å². The maximum atomic E-state index is 11.8. The molecular formula is C13H19Cl2N3OS. The highest BCUT2D eigenvalue weighted by Gasteiger charge is 2.13. The summed E-state index contributed by atoms with van der Waals surface area (Å²) in [6.07, 6.45) is 0.376. The number of benzene rings is 1. The molecule has 2 rings (SSSR count). The summed E-state index contributed by atoms with van der Waals surface area (Å²) < 4.78 is 1.15. The van der Waals surface area contributed by atoms with Gasteiger partial charge < -0.3 is 10.6 Å². The minimum atomic E-state index is -0.102. The number of halogens is 2. The zero-order valence-corrected chi connectivity index (χ0v) is 13.9. The number of carbonyl (C=O) groups excluding carboxylic acids is 1. The fourth-order valence-electron chi connectivity index (χ4n) is 1.71. The second-order valence-corrected chi connectivity index (χ2v) is 5.62. The van der Waals surface area contributed by atoms with Crippen molar-refractivity contribution >= 4 is 52.3 Å². The van der Waals surface area contributed by atoms with Crippen molar-refractivity contribution in [1.82, 2.24) is 9.88 Å². The van der Waals surface area contributed by atoms with E-state index in [0.29, 0.717) is 13.0 Å². The summed E-state index contributed by atoms with van der Waals surface area (Å²) >= 11 is 1.63. The molecule has 0 saturated heterocycles. The van der Waals surface area contributed by atoms with Crippen LogP contribution in [0.2, 0.25) is 0 Å².